The molecule has 0 saturated heterocycles. The SMILES string of the molecule is COc1ccc(CCNC(=O)CSc2nc3c(cnn3-c3ccc(Cl)cc3)c(=O)[nH]2)cc1OC. The molecule has 4 rings (SSSR count). The third-order valence-corrected chi connectivity index (χ3v) is 6.14. The predicted molar refractivity (Wildman–Crippen MR) is 131 cm³/mol. The van der Waals surface area contributed by atoms with E-state index in [4.69, 9.17) is 21.1 Å². The molecule has 2 aromatic carbocycles. The lowest BCUT2D eigenvalue weighted by Crippen LogP contribution is -2.27. The fraction of sp³-hybridized carbons (Fsp3) is 0.217. The second-order valence-electron chi connectivity index (χ2n) is 7.22. The van der Waals surface area contributed by atoms with Gasteiger partial charge in [-0.3, -0.25) is 9.59 Å². The number of amides is 1. The highest BCUT2D eigenvalue weighted by molar-refractivity contribution is 7.99. The van der Waals surface area contributed by atoms with Crippen molar-refractivity contribution in [3.05, 3.63) is 69.6 Å². The summed E-state index contributed by atoms with van der Waals surface area (Å²) in [5, 5.41) is 8.44. The minimum atomic E-state index is -0.318. The molecule has 0 bridgehead atoms. The molecule has 176 valence electrons. The van der Waals surface area contributed by atoms with Gasteiger partial charge in [-0.15, -0.1) is 0 Å². The van der Waals surface area contributed by atoms with E-state index < -0.39 is 0 Å². The molecule has 1 amide bonds. The number of aromatic nitrogens is 4. The first-order valence-corrected chi connectivity index (χ1v) is 11.7. The van der Waals surface area contributed by atoms with Gasteiger partial charge in [-0.05, 0) is 48.4 Å². The largest absolute Gasteiger partial charge is 0.493 e. The molecule has 0 fully saturated rings. The summed E-state index contributed by atoms with van der Waals surface area (Å²) >= 11 is 7.10. The van der Waals surface area contributed by atoms with Crippen molar-refractivity contribution in [3.8, 4) is 17.2 Å². The number of carbonyl (C=O) groups is 1. The maximum absolute atomic E-state index is 12.5. The first-order valence-electron chi connectivity index (χ1n) is 10.3. The quantitative estimate of drug-likeness (QED) is 0.268. The van der Waals surface area contributed by atoms with Crippen LogP contribution >= 0.6 is 23.4 Å². The van der Waals surface area contributed by atoms with Crippen LogP contribution in [0.25, 0.3) is 16.7 Å². The van der Waals surface area contributed by atoms with Gasteiger partial charge in [0.15, 0.2) is 22.3 Å². The first-order chi connectivity index (χ1) is 16.5. The number of methoxy groups -OCH3 is 2. The Hall–Kier alpha value is -3.50. The Morgan fingerprint density at radius 1 is 1.15 bits per heavy atom. The van der Waals surface area contributed by atoms with Crippen LogP contribution in [0.4, 0.5) is 0 Å². The van der Waals surface area contributed by atoms with Crippen molar-refractivity contribution in [1.82, 2.24) is 25.1 Å². The molecular formula is C23H22ClN5O4S. The van der Waals surface area contributed by atoms with Crippen LogP contribution in [0, 0.1) is 0 Å². The molecule has 2 N–H and O–H groups in total. The summed E-state index contributed by atoms with van der Waals surface area (Å²) < 4.78 is 12.1. The van der Waals surface area contributed by atoms with E-state index in [0.29, 0.717) is 45.7 Å². The minimum Gasteiger partial charge on any atom is -0.493 e. The van der Waals surface area contributed by atoms with Gasteiger partial charge in [0.05, 0.1) is 31.9 Å². The molecular weight excluding hydrogens is 478 g/mol. The van der Waals surface area contributed by atoms with Crippen LogP contribution in [0.15, 0.2) is 58.6 Å². The summed E-state index contributed by atoms with van der Waals surface area (Å²) in [4.78, 5) is 32.0. The van der Waals surface area contributed by atoms with E-state index in [2.05, 4.69) is 20.4 Å². The molecule has 9 nitrogen and oxygen atoms in total. The molecule has 0 aliphatic rings. The van der Waals surface area contributed by atoms with Crippen LogP contribution in [0.2, 0.25) is 5.02 Å². The number of rotatable bonds is 9. The number of H-pyrrole nitrogens is 1. The fourth-order valence-corrected chi connectivity index (χ4v) is 4.12. The summed E-state index contributed by atoms with van der Waals surface area (Å²) in [6.45, 7) is 0.460. The number of ether oxygens (including phenoxy) is 2. The Morgan fingerprint density at radius 3 is 2.65 bits per heavy atom. The average molecular weight is 500 g/mol. The van der Waals surface area contributed by atoms with E-state index in [1.54, 1.807) is 43.2 Å². The van der Waals surface area contributed by atoms with Crippen LogP contribution in [0.1, 0.15) is 5.56 Å². The number of aromatic amines is 1. The number of hydrogen-bond acceptors (Lipinski definition) is 7. The van der Waals surface area contributed by atoms with Crippen molar-refractivity contribution < 1.29 is 14.3 Å². The molecule has 2 aromatic heterocycles. The van der Waals surface area contributed by atoms with Crippen LogP contribution in [-0.2, 0) is 11.2 Å². The number of nitrogens with one attached hydrogen (secondary N) is 2. The minimum absolute atomic E-state index is 0.107. The summed E-state index contributed by atoms with van der Waals surface area (Å²) in [5.41, 5.74) is 1.82. The lowest BCUT2D eigenvalue weighted by molar-refractivity contribution is -0.118. The number of hydrogen-bond donors (Lipinski definition) is 2. The third-order valence-electron chi connectivity index (χ3n) is 5.01. The molecule has 2 heterocycles. The predicted octanol–water partition coefficient (Wildman–Crippen LogP) is 3.23. The highest BCUT2D eigenvalue weighted by Gasteiger charge is 2.13. The molecule has 4 aromatic rings. The zero-order valence-corrected chi connectivity index (χ0v) is 20.1. The highest BCUT2D eigenvalue weighted by Crippen LogP contribution is 2.27. The topological polar surface area (TPSA) is 111 Å². The van der Waals surface area contributed by atoms with Crippen molar-refractivity contribution in [2.24, 2.45) is 0 Å². The Balaban J connectivity index is 1.37. The number of carbonyl (C=O) groups excluding carboxylic acids is 1. The maximum atomic E-state index is 12.5. The van der Waals surface area contributed by atoms with Gasteiger partial charge in [-0.2, -0.15) is 5.10 Å². The van der Waals surface area contributed by atoms with Crippen molar-refractivity contribution in [3.63, 3.8) is 0 Å². The molecule has 0 unspecified atom stereocenters. The van der Waals surface area contributed by atoms with Crippen molar-refractivity contribution in [1.29, 1.82) is 0 Å². The molecule has 0 radical (unpaired) electrons. The van der Waals surface area contributed by atoms with Gasteiger partial charge < -0.3 is 19.8 Å². The molecule has 0 aliphatic carbocycles. The standard InChI is InChI=1S/C23H22ClN5O4S/c1-32-18-8-3-14(11-19(18)33-2)9-10-25-20(30)13-34-23-27-21-17(22(31)28-23)12-26-29(21)16-6-4-15(24)5-7-16/h3-8,11-12H,9-10,13H2,1-2H3,(H,25,30)(H,27,28,31). The Kier molecular flexibility index (Phi) is 7.39. The summed E-state index contributed by atoms with van der Waals surface area (Å²) in [7, 11) is 3.17. The van der Waals surface area contributed by atoms with Gasteiger partial charge in [0.2, 0.25) is 5.91 Å². The smallest absolute Gasteiger partial charge is 0.262 e. The molecule has 34 heavy (non-hydrogen) atoms. The van der Waals surface area contributed by atoms with E-state index in [9.17, 15) is 9.59 Å². The lowest BCUT2D eigenvalue weighted by atomic mass is 10.1. The number of fused-ring (bicyclic) bond motifs is 1. The fourth-order valence-electron chi connectivity index (χ4n) is 3.31. The molecule has 0 spiro atoms. The first kappa shape index (κ1) is 23.7. The van der Waals surface area contributed by atoms with Gasteiger partial charge in [-0.25, -0.2) is 9.67 Å². The number of benzene rings is 2. The zero-order valence-electron chi connectivity index (χ0n) is 18.5. The van der Waals surface area contributed by atoms with Crippen molar-refractivity contribution in [2.45, 2.75) is 11.6 Å². The van der Waals surface area contributed by atoms with E-state index in [0.717, 1.165) is 23.0 Å². The van der Waals surface area contributed by atoms with Gasteiger partial charge in [0.25, 0.3) is 5.56 Å². The maximum Gasteiger partial charge on any atom is 0.262 e. The number of halogens is 1. The van der Waals surface area contributed by atoms with Gasteiger partial charge in [0.1, 0.15) is 5.39 Å². The van der Waals surface area contributed by atoms with E-state index in [1.807, 2.05) is 18.2 Å². The van der Waals surface area contributed by atoms with Crippen molar-refractivity contribution in [2.75, 3.05) is 26.5 Å². The average Bonchev–Trinajstić information content (AvgIpc) is 3.27. The third kappa shape index (κ3) is 5.35. The summed E-state index contributed by atoms with van der Waals surface area (Å²) in [5.74, 6) is 1.24. The molecule has 0 aliphatic heterocycles. The van der Waals surface area contributed by atoms with Crippen LogP contribution in [0.3, 0.4) is 0 Å². The van der Waals surface area contributed by atoms with Gasteiger partial charge >= 0.3 is 0 Å². The normalized spacial score (nSPS) is 10.9. The summed E-state index contributed by atoms with van der Waals surface area (Å²) in [6, 6.07) is 12.7. The number of nitrogens with zero attached hydrogens (tertiary/aromatic N) is 3. The molecule has 0 atom stereocenters. The Labute approximate surface area is 204 Å². The zero-order chi connectivity index (χ0) is 24.1. The van der Waals surface area contributed by atoms with Crippen molar-refractivity contribution >= 4 is 40.3 Å². The highest BCUT2D eigenvalue weighted by atomic mass is 35.5. The second-order valence-corrected chi connectivity index (χ2v) is 8.62. The number of thioether (sulfide) groups is 1. The van der Waals surface area contributed by atoms with Gasteiger partial charge in [-0.1, -0.05) is 29.4 Å². The second kappa shape index (κ2) is 10.6. The van der Waals surface area contributed by atoms with E-state index >= 15 is 0 Å². The van der Waals surface area contributed by atoms with Crippen LogP contribution < -0.4 is 20.3 Å². The van der Waals surface area contributed by atoms with Crippen LogP contribution in [-0.4, -0.2) is 52.2 Å². The molecule has 11 heteroatoms. The van der Waals surface area contributed by atoms with Gasteiger partial charge in [0, 0.05) is 11.6 Å². The van der Waals surface area contributed by atoms with E-state index in [1.165, 1.54) is 6.20 Å². The van der Waals surface area contributed by atoms with E-state index in [-0.39, 0.29) is 17.2 Å². The Bertz CT molecular complexity index is 1370. The summed E-state index contributed by atoms with van der Waals surface area (Å²) in [6.07, 6.45) is 2.10. The lowest BCUT2D eigenvalue weighted by Gasteiger charge is -2.10. The van der Waals surface area contributed by atoms with Crippen LogP contribution in [0.5, 0.6) is 11.5 Å². The Morgan fingerprint density at radius 2 is 1.91 bits per heavy atom. The molecule has 0 saturated carbocycles. The monoisotopic (exact) mass is 499 g/mol.